The molecule has 3 aromatic carbocycles. The molecule has 1 saturated heterocycles. The minimum absolute atomic E-state index is 0.124. The number of rotatable bonds is 9. The summed E-state index contributed by atoms with van der Waals surface area (Å²) < 4.78 is 51.0. The Labute approximate surface area is 256 Å². The minimum atomic E-state index is -3.92. The fraction of sp³-hybridized carbons (Fsp3) is 0.242. The molecule has 2 aromatic heterocycles. The smallest absolute Gasteiger partial charge is 0.237 e. The Morgan fingerprint density at radius 3 is 2.52 bits per heavy atom. The van der Waals surface area contributed by atoms with E-state index in [9.17, 15) is 8.42 Å². The molecule has 3 N–H and O–H groups in total. The molecule has 226 valence electrons. The van der Waals surface area contributed by atoms with Crippen LogP contribution < -0.4 is 20.1 Å². The monoisotopic (exact) mass is 612 g/mol. The Kier molecular flexibility index (Phi) is 8.40. The van der Waals surface area contributed by atoms with Gasteiger partial charge in [0.1, 0.15) is 5.75 Å². The molecular weight excluding hydrogens is 579 g/mol. The lowest BCUT2D eigenvalue weighted by molar-refractivity contribution is 0.377. The van der Waals surface area contributed by atoms with E-state index >= 15 is 4.39 Å². The number of hydrogen-bond donors (Lipinski definition) is 3. The number of sulfonamides is 1. The van der Waals surface area contributed by atoms with Crippen LogP contribution in [0.1, 0.15) is 24.5 Å². The predicted octanol–water partition coefficient (Wildman–Crippen LogP) is 6.28. The number of fused-ring (bicyclic) bond motifs is 1. The third-order valence-corrected chi connectivity index (χ3v) is 8.82. The average Bonchev–Trinajstić information content (AvgIpc) is 3.02. The Morgan fingerprint density at radius 1 is 0.955 bits per heavy atom. The summed E-state index contributed by atoms with van der Waals surface area (Å²) in [6, 6.07) is 21.3. The summed E-state index contributed by atoms with van der Waals surface area (Å²) in [6.45, 7) is 5.58. The molecule has 0 amide bonds. The number of pyridine rings is 1. The molecule has 1 fully saturated rings. The van der Waals surface area contributed by atoms with Gasteiger partial charge in [0.05, 0.1) is 22.7 Å². The van der Waals surface area contributed by atoms with E-state index < -0.39 is 15.8 Å². The molecule has 0 bridgehead atoms. The molecule has 5 aromatic rings. The molecule has 0 aliphatic carbocycles. The largest absolute Gasteiger partial charge is 0.437 e. The van der Waals surface area contributed by atoms with Gasteiger partial charge >= 0.3 is 0 Å². The summed E-state index contributed by atoms with van der Waals surface area (Å²) >= 11 is 0. The van der Waals surface area contributed by atoms with Crippen molar-refractivity contribution in [1.29, 1.82) is 0 Å². The van der Waals surface area contributed by atoms with Gasteiger partial charge in [-0.25, -0.2) is 27.8 Å². The van der Waals surface area contributed by atoms with Crippen molar-refractivity contribution in [3.05, 3.63) is 102 Å². The molecular formula is C33H33FN6O3S. The third kappa shape index (κ3) is 6.48. The van der Waals surface area contributed by atoms with Crippen molar-refractivity contribution in [2.45, 2.75) is 32.1 Å². The lowest BCUT2D eigenvalue weighted by Crippen LogP contribution is -2.42. The molecule has 44 heavy (non-hydrogen) atoms. The van der Waals surface area contributed by atoms with Gasteiger partial charge < -0.3 is 15.4 Å². The van der Waals surface area contributed by atoms with E-state index in [1.54, 1.807) is 80.0 Å². The average molecular weight is 613 g/mol. The van der Waals surface area contributed by atoms with Crippen LogP contribution in [0.4, 0.5) is 16.0 Å². The Morgan fingerprint density at radius 2 is 1.73 bits per heavy atom. The second-order valence-electron chi connectivity index (χ2n) is 11.1. The molecule has 0 saturated carbocycles. The Balaban J connectivity index is 1.33. The van der Waals surface area contributed by atoms with Crippen LogP contribution in [0.15, 0.2) is 85.2 Å². The highest BCUT2D eigenvalue weighted by atomic mass is 32.2. The highest BCUT2D eigenvalue weighted by molar-refractivity contribution is 7.91. The highest BCUT2D eigenvalue weighted by Crippen LogP contribution is 2.42. The molecule has 11 heteroatoms. The van der Waals surface area contributed by atoms with E-state index in [0.29, 0.717) is 39.5 Å². The number of benzene rings is 3. The zero-order chi connectivity index (χ0) is 30.7. The summed E-state index contributed by atoms with van der Waals surface area (Å²) in [4.78, 5) is 13.6. The van der Waals surface area contributed by atoms with E-state index in [2.05, 4.69) is 32.2 Å². The van der Waals surface area contributed by atoms with E-state index in [-0.39, 0.29) is 34.7 Å². The first kappa shape index (κ1) is 29.5. The lowest BCUT2D eigenvalue weighted by atomic mass is 9.98. The topological polar surface area (TPSA) is 118 Å². The number of halogens is 1. The Hall–Kier alpha value is -4.61. The van der Waals surface area contributed by atoms with Crippen molar-refractivity contribution in [3.63, 3.8) is 0 Å². The zero-order valence-electron chi connectivity index (χ0n) is 24.4. The van der Waals surface area contributed by atoms with Crippen LogP contribution in [-0.4, -0.2) is 42.5 Å². The van der Waals surface area contributed by atoms with Crippen molar-refractivity contribution in [1.82, 2.24) is 20.3 Å². The van der Waals surface area contributed by atoms with E-state index in [0.717, 1.165) is 19.5 Å². The second kappa shape index (κ2) is 12.6. The van der Waals surface area contributed by atoms with Crippen LogP contribution in [-0.2, 0) is 15.8 Å². The van der Waals surface area contributed by atoms with Gasteiger partial charge in [0, 0.05) is 41.3 Å². The number of hydrogen-bond acceptors (Lipinski definition) is 8. The van der Waals surface area contributed by atoms with Gasteiger partial charge in [-0.2, -0.15) is 0 Å². The summed E-state index contributed by atoms with van der Waals surface area (Å²) in [6.07, 6.45) is 4.28. The molecule has 2 atom stereocenters. The third-order valence-electron chi connectivity index (χ3n) is 7.59. The number of nitrogens with one attached hydrogen (secondary N) is 3. The maximum absolute atomic E-state index is 16.0. The van der Waals surface area contributed by atoms with Gasteiger partial charge in [0.15, 0.2) is 5.82 Å². The van der Waals surface area contributed by atoms with Crippen LogP contribution in [0.3, 0.4) is 0 Å². The number of ether oxygens (including phenoxy) is 1. The standard InChI is InChI=1S/C33H33FN6O3S/c1-21-17-24(19-35-18-21)38-33-37-16-14-28(39-33)27-13-8-15-36-32(27)43-31-22(2)29(34)30(25-11-6-7-12-26(25)31)40-44(41,42)20-23-9-4-3-5-10-23/h3-16,21,24,35,40H,17-20H2,1-2H3,(H,37,38,39)/t21-,24+/m1/s1. The van der Waals surface area contributed by atoms with Crippen LogP contribution in [0, 0.1) is 18.7 Å². The minimum Gasteiger partial charge on any atom is -0.437 e. The number of nitrogens with zero attached hydrogens (tertiary/aromatic N) is 3. The number of anilines is 2. The summed E-state index contributed by atoms with van der Waals surface area (Å²) in [5.41, 5.74) is 1.80. The molecule has 0 spiro atoms. The first-order valence-corrected chi connectivity index (χ1v) is 16.1. The maximum Gasteiger partial charge on any atom is 0.237 e. The van der Waals surface area contributed by atoms with E-state index in [4.69, 9.17) is 9.72 Å². The van der Waals surface area contributed by atoms with Gasteiger partial charge in [0.25, 0.3) is 0 Å². The van der Waals surface area contributed by atoms with Gasteiger partial charge in [-0.15, -0.1) is 0 Å². The van der Waals surface area contributed by atoms with Crippen LogP contribution in [0.25, 0.3) is 22.0 Å². The fourth-order valence-electron chi connectivity index (χ4n) is 5.51. The zero-order valence-corrected chi connectivity index (χ0v) is 25.2. The SMILES string of the molecule is Cc1c(F)c(NS(=O)(=O)Cc2ccccc2)c2ccccc2c1Oc1ncccc1-c1ccnc(N[C@@H]2CNC[C@H](C)C2)n1. The van der Waals surface area contributed by atoms with Crippen LogP contribution >= 0.6 is 0 Å². The van der Waals surface area contributed by atoms with Crippen molar-refractivity contribution < 1.29 is 17.5 Å². The van der Waals surface area contributed by atoms with Gasteiger partial charge in [-0.3, -0.25) is 4.72 Å². The van der Waals surface area contributed by atoms with E-state index in [1.165, 1.54) is 0 Å². The van der Waals surface area contributed by atoms with E-state index in [1.807, 2.05) is 12.1 Å². The lowest BCUT2D eigenvalue weighted by Gasteiger charge is -2.28. The molecule has 0 radical (unpaired) electrons. The molecule has 1 aliphatic heterocycles. The fourth-order valence-corrected chi connectivity index (χ4v) is 6.73. The summed E-state index contributed by atoms with van der Waals surface area (Å²) in [5, 5.41) is 7.74. The first-order chi connectivity index (χ1) is 21.3. The molecule has 1 aliphatic rings. The Bertz CT molecular complexity index is 1910. The van der Waals surface area contributed by atoms with Gasteiger partial charge in [-0.1, -0.05) is 61.5 Å². The predicted molar refractivity (Wildman–Crippen MR) is 171 cm³/mol. The second-order valence-corrected chi connectivity index (χ2v) is 12.8. The molecule has 9 nitrogen and oxygen atoms in total. The van der Waals surface area contributed by atoms with Crippen molar-refractivity contribution >= 4 is 32.4 Å². The van der Waals surface area contributed by atoms with Gasteiger partial charge in [-0.05, 0) is 49.6 Å². The quantitative estimate of drug-likeness (QED) is 0.178. The highest BCUT2D eigenvalue weighted by Gasteiger charge is 2.24. The normalized spacial score (nSPS) is 16.9. The number of aromatic nitrogens is 3. The molecule has 3 heterocycles. The van der Waals surface area contributed by atoms with Crippen molar-refractivity contribution in [3.8, 4) is 22.9 Å². The molecule has 6 rings (SSSR count). The van der Waals surface area contributed by atoms with Crippen molar-refractivity contribution in [2.75, 3.05) is 23.1 Å². The maximum atomic E-state index is 16.0. The van der Waals surface area contributed by atoms with Gasteiger partial charge in [0.2, 0.25) is 21.9 Å². The van der Waals surface area contributed by atoms with Crippen molar-refractivity contribution in [2.24, 2.45) is 5.92 Å². The van der Waals surface area contributed by atoms with Crippen LogP contribution in [0.5, 0.6) is 11.6 Å². The summed E-state index contributed by atoms with van der Waals surface area (Å²) in [7, 11) is -3.92. The van der Waals surface area contributed by atoms with Crippen LogP contribution in [0.2, 0.25) is 0 Å². The first-order valence-electron chi connectivity index (χ1n) is 14.5. The summed E-state index contributed by atoms with van der Waals surface area (Å²) in [5.74, 6) is 0.498. The number of piperidine rings is 1. The molecule has 0 unspecified atom stereocenters.